The van der Waals surface area contributed by atoms with E-state index in [-0.39, 0.29) is 11.1 Å². The number of hydrazone groups is 1. The zero-order chi connectivity index (χ0) is 16.8. The Labute approximate surface area is 134 Å². The molecular weight excluding hydrogens is 294 g/mol. The van der Waals surface area contributed by atoms with Crippen LogP contribution in [0.25, 0.3) is 0 Å². The molecule has 2 aromatic carbocycles. The maximum atomic E-state index is 12.1. The molecule has 0 fully saturated rings. The summed E-state index contributed by atoms with van der Waals surface area (Å²) >= 11 is 0. The van der Waals surface area contributed by atoms with Gasteiger partial charge in [-0.05, 0) is 18.2 Å². The highest BCUT2D eigenvalue weighted by atomic mass is 16.4. The molecule has 0 saturated carbocycles. The Morgan fingerprint density at radius 1 is 1.04 bits per heavy atom. The number of anilines is 1. The number of para-hydroxylation sites is 1. The van der Waals surface area contributed by atoms with E-state index in [0.29, 0.717) is 0 Å². The van der Waals surface area contributed by atoms with Crippen LogP contribution < -0.4 is 10.3 Å². The molecule has 0 aliphatic heterocycles. The molecule has 0 spiro atoms. The van der Waals surface area contributed by atoms with Crippen molar-refractivity contribution in [2.24, 2.45) is 5.10 Å². The topological polar surface area (TPSA) is 82.0 Å². The van der Waals surface area contributed by atoms with E-state index in [1.807, 2.05) is 43.3 Å². The highest BCUT2D eigenvalue weighted by molar-refractivity contribution is 6.05. The Balaban J connectivity index is 2.16. The van der Waals surface area contributed by atoms with E-state index in [1.165, 1.54) is 18.3 Å². The number of benzene rings is 2. The molecule has 1 amide bonds. The first-order chi connectivity index (χ1) is 11.0. The summed E-state index contributed by atoms with van der Waals surface area (Å²) < 4.78 is 0. The van der Waals surface area contributed by atoms with Crippen LogP contribution in [0.3, 0.4) is 0 Å². The molecule has 6 heteroatoms. The summed E-state index contributed by atoms with van der Waals surface area (Å²) in [6, 6.07) is 13.6. The minimum atomic E-state index is -1.15. The third kappa shape index (κ3) is 3.94. The van der Waals surface area contributed by atoms with Crippen molar-refractivity contribution in [3.63, 3.8) is 0 Å². The number of nitrogens with one attached hydrogen (secondary N) is 1. The molecule has 23 heavy (non-hydrogen) atoms. The summed E-state index contributed by atoms with van der Waals surface area (Å²) in [6.45, 7) is 0. The van der Waals surface area contributed by atoms with Crippen molar-refractivity contribution in [2.45, 2.75) is 0 Å². The van der Waals surface area contributed by atoms with Crippen LogP contribution in [0.5, 0.6) is 0 Å². The lowest BCUT2D eigenvalue weighted by atomic mass is 10.1. The van der Waals surface area contributed by atoms with Crippen LogP contribution in [0.2, 0.25) is 0 Å². The van der Waals surface area contributed by atoms with Crippen molar-refractivity contribution in [3.05, 3.63) is 65.2 Å². The quantitative estimate of drug-likeness (QED) is 0.655. The lowest BCUT2D eigenvalue weighted by Crippen LogP contribution is -2.21. The van der Waals surface area contributed by atoms with Gasteiger partial charge in [-0.1, -0.05) is 30.3 Å². The van der Waals surface area contributed by atoms with Gasteiger partial charge >= 0.3 is 5.97 Å². The lowest BCUT2D eigenvalue weighted by molar-refractivity contribution is 0.0691. The third-order valence-electron chi connectivity index (χ3n) is 3.19. The number of carbonyl (C=O) groups is 2. The van der Waals surface area contributed by atoms with Crippen LogP contribution in [0.4, 0.5) is 5.69 Å². The Bertz CT molecular complexity index is 754. The number of hydrogen-bond acceptors (Lipinski definition) is 4. The molecule has 0 radical (unpaired) electrons. The number of carbonyl (C=O) groups excluding carboxylic acids is 1. The van der Waals surface area contributed by atoms with Crippen molar-refractivity contribution in [3.8, 4) is 0 Å². The van der Waals surface area contributed by atoms with Crippen molar-refractivity contribution >= 4 is 23.8 Å². The van der Waals surface area contributed by atoms with Gasteiger partial charge in [0, 0.05) is 25.3 Å². The van der Waals surface area contributed by atoms with Gasteiger partial charge in [-0.15, -0.1) is 0 Å². The van der Waals surface area contributed by atoms with Crippen molar-refractivity contribution < 1.29 is 14.7 Å². The number of nitrogens with zero attached hydrogens (tertiary/aromatic N) is 2. The highest BCUT2D eigenvalue weighted by Crippen LogP contribution is 2.15. The van der Waals surface area contributed by atoms with Gasteiger partial charge in [-0.3, -0.25) is 4.79 Å². The van der Waals surface area contributed by atoms with Gasteiger partial charge in [-0.2, -0.15) is 5.10 Å². The van der Waals surface area contributed by atoms with Gasteiger partial charge < -0.3 is 10.0 Å². The van der Waals surface area contributed by atoms with Crippen LogP contribution >= 0.6 is 0 Å². The molecule has 2 N–H and O–H groups in total. The summed E-state index contributed by atoms with van der Waals surface area (Å²) in [4.78, 5) is 25.1. The van der Waals surface area contributed by atoms with E-state index in [0.717, 1.165) is 11.3 Å². The second-order valence-electron chi connectivity index (χ2n) is 5.00. The molecule has 0 unspecified atom stereocenters. The van der Waals surface area contributed by atoms with E-state index in [1.54, 1.807) is 12.1 Å². The van der Waals surface area contributed by atoms with Gasteiger partial charge in [0.2, 0.25) is 0 Å². The average Bonchev–Trinajstić information content (AvgIpc) is 2.55. The average molecular weight is 311 g/mol. The molecular formula is C17H17N3O3. The normalized spacial score (nSPS) is 10.5. The number of carboxylic acids is 1. The predicted octanol–water partition coefficient (Wildman–Crippen LogP) is 2.21. The summed E-state index contributed by atoms with van der Waals surface area (Å²) in [6.07, 6.45) is 1.52. The van der Waals surface area contributed by atoms with Gasteiger partial charge in [0.05, 0.1) is 17.3 Å². The first kappa shape index (κ1) is 16.2. The number of hydrogen-bond donors (Lipinski definition) is 2. The molecule has 118 valence electrons. The lowest BCUT2D eigenvalue weighted by Gasteiger charge is -2.14. The van der Waals surface area contributed by atoms with Crippen LogP contribution in [0.1, 0.15) is 26.3 Å². The summed E-state index contributed by atoms with van der Waals surface area (Å²) in [5.74, 6) is -1.72. The van der Waals surface area contributed by atoms with Gasteiger partial charge in [0.25, 0.3) is 5.91 Å². The molecule has 0 bridgehead atoms. The SMILES string of the molecule is CN(C)c1ccccc1/C=N/NC(=O)c1ccccc1C(=O)O. The second-order valence-corrected chi connectivity index (χ2v) is 5.00. The van der Waals surface area contributed by atoms with E-state index < -0.39 is 11.9 Å². The van der Waals surface area contributed by atoms with Gasteiger partial charge in [-0.25, -0.2) is 10.2 Å². The van der Waals surface area contributed by atoms with Gasteiger partial charge in [0.1, 0.15) is 0 Å². The number of carboxylic acid groups (broad SMARTS) is 1. The van der Waals surface area contributed by atoms with E-state index >= 15 is 0 Å². The maximum Gasteiger partial charge on any atom is 0.336 e. The molecule has 6 nitrogen and oxygen atoms in total. The summed E-state index contributed by atoms with van der Waals surface area (Å²) in [5.41, 5.74) is 4.16. The molecule has 0 aromatic heterocycles. The molecule has 2 aromatic rings. The maximum absolute atomic E-state index is 12.1. The first-order valence-corrected chi connectivity index (χ1v) is 6.93. The summed E-state index contributed by atoms with van der Waals surface area (Å²) in [7, 11) is 3.82. The molecule has 0 atom stereocenters. The number of aromatic carboxylic acids is 1. The zero-order valence-corrected chi connectivity index (χ0v) is 12.9. The standard InChI is InChI=1S/C17H17N3O3/c1-20(2)15-10-6-3-7-12(15)11-18-19-16(21)13-8-4-5-9-14(13)17(22)23/h3-11H,1-2H3,(H,19,21)(H,22,23)/b18-11+. The first-order valence-electron chi connectivity index (χ1n) is 6.93. The van der Waals surface area contributed by atoms with E-state index in [4.69, 9.17) is 5.11 Å². The van der Waals surface area contributed by atoms with Crippen LogP contribution in [-0.2, 0) is 0 Å². The number of rotatable bonds is 5. The Kier molecular flexibility index (Phi) is 5.09. The predicted molar refractivity (Wildman–Crippen MR) is 89.2 cm³/mol. The van der Waals surface area contributed by atoms with Crippen LogP contribution in [0, 0.1) is 0 Å². The van der Waals surface area contributed by atoms with Crippen molar-refractivity contribution in [1.29, 1.82) is 0 Å². The number of amides is 1. The minimum Gasteiger partial charge on any atom is -0.478 e. The van der Waals surface area contributed by atoms with E-state index in [2.05, 4.69) is 10.5 Å². The monoisotopic (exact) mass is 311 g/mol. The Hall–Kier alpha value is -3.15. The van der Waals surface area contributed by atoms with Crippen molar-refractivity contribution in [1.82, 2.24) is 5.43 Å². The fourth-order valence-corrected chi connectivity index (χ4v) is 2.09. The second kappa shape index (κ2) is 7.22. The molecule has 2 rings (SSSR count). The minimum absolute atomic E-state index is 0.0612. The molecule has 0 aliphatic rings. The Morgan fingerprint density at radius 3 is 2.30 bits per heavy atom. The van der Waals surface area contributed by atoms with Crippen molar-refractivity contribution in [2.75, 3.05) is 19.0 Å². The zero-order valence-electron chi connectivity index (χ0n) is 12.9. The fraction of sp³-hybridized carbons (Fsp3) is 0.118. The summed E-state index contributed by atoms with van der Waals surface area (Å²) in [5, 5.41) is 13.0. The molecule has 0 heterocycles. The third-order valence-corrected chi connectivity index (χ3v) is 3.19. The van der Waals surface area contributed by atoms with Crippen LogP contribution in [0.15, 0.2) is 53.6 Å². The van der Waals surface area contributed by atoms with Crippen LogP contribution in [-0.4, -0.2) is 37.3 Å². The smallest absolute Gasteiger partial charge is 0.336 e. The molecule has 0 saturated heterocycles. The largest absolute Gasteiger partial charge is 0.478 e. The fourth-order valence-electron chi connectivity index (χ4n) is 2.09. The van der Waals surface area contributed by atoms with Gasteiger partial charge in [0.15, 0.2) is 0 Å². The molecule has 0 aliphatic carbocycles. The Morgan fingerprint density at radius 2 is 1.65 bits per heavy atom. The van der Waals surface area contributed by atoms with E-state index in [9.17, 15) is 9.59 Å². The highest BCUT2D eigenvalue weighted by Gasteiger charge is 2.14.